The number of ketones is 1. The Balaban J connectivity index is 2.33. The smallest absolute Gasteiger partial charge is 0.337 e. The molecule has 30 heavy (non-hydrogen) atoms. The second-order valence-electron chi connectivity index (χ2n) is 5.95. The average molecular weight is 413 g/mol. The van der Waals surface area contributed by atoms with E-state index in [2.05, 4.69) is 15.5 Å². The molecule has 1 atom stereocenters. The molecule has 0 aliphatic carbocycles. The Labute approximate surface area is 168 Å². The summed E-state index contributed by atoms with van der Waals surface area (Å²) in [6.07, 6.45) is 0. The van der Waals surface area contributed by atoms with Crippen molar-refractivity contribution in [3.8, 4) is 0 Å². The molecule has 4 N–H and O–H groups in total. The second-order valence-corrected chi connectivity index (χ2v) is 5.95. The maximum Gasteiger partial charge on any atom is 0.337 e. The number of carboxylic acid groups (broad SMARTS) is 3. The fourth-order valence-corrected chi connectivity index (χ4v) is 2.34. The lowest BCUT2D eigenvalue weighted by molar-refractivity contribution is -0.126. The molecule has 0 aliphatic heterocycles. The molecule has 0 spiro atoms. The van der Waals surface area contributed by atoms with Gasteiger partial charge in [0.2, 0.25) is 6.04 Å². The van der Waals surface area contributed by atoms with E-state index in [1.807, 2.05) is 0 Å². The lowest BCUT2D eigenvalue weighted by Gasteiger charge is -2.11. The number of nitrogens with one attached hydrogen (secondary N) is 1. The zero-order chi connectivity index (χ0) is 22.4. The highest BCUT2D eigenvalue weighted by atomic mass is 16.4. The number of carbonyl (C=O) groups is 5. The third-order valence-electron chi connectivity index (χ3n) is 3.74. The van der Waals surface area contributed by atoms with Gasteiger partial charge in [-0.1, -0.05) is 12.1 Å². The molecule has 11 heteroatoms. The fourth-order valence-electron chi connectivity index (χ4n) is 2.34. The molecule has 2 aromatic rings. The SMILES string of the molecule is CC(=O)C(N=Nc1ccccc1C(=O)O)C(=O)Nc1cc(C(=O)O)cc(C(=O)O)c1. The number of amides is 1. The monoisotopic (exact) mass is 413 g/mol. The first kappa shape index (κ1) is 21.9. The summed E-state index contributed by atoms with van der Waals surface area (Å²) in [4.78, 5) is 57.8. The van der Waals surface area contributed by atoms with Crippen LogP contribution < -0.4 is 5.32 Å². The number of hydrogen-bond acceptors (Lipinski definition) is 7. The van der Waals surface area contributed by atoms with Crippen LogP contribution in [0.15, 0.2) is 52.7 Å². The van der Waals surface area contributed by atoms with Crippen molar-refractivity contribution in [3.05, 3.63) is 59.2 Å². The molecule has 0 heterocycles. The normalized spacial score (nSPS) is 11.6. The van der Waals surface area contributed by atoms with Gasteiger partial charge in [0.25, 0.3) is 5.91 Å². The number of hydrogen-bond donors (Lipinski definition) is 4. The third-order valence-corrected chi connectivity index (χ3v) is 3.74. The summed E-state index contributed by atoms with van der Waals surface area (Å²) in [5.41, 5.74) is -1.22. The first-order valence-corrected chi connectivity index (χ1v) is 8.26. The van der Waals surface area contributed by atoms with Crippen molar-refractivity contribution < 1.29 is 39.3 Å². The minimum atomic E-state index is -1.67. The number of Topliss-reactive ketones (excluding diaryl/α,β-unsaturated/α-hetero) is 1. The molecule has 0 aliphatic rings. The van der Waals surface area contributed by atoms with Gasteiger partial charge in [-0.25, -0.2) is 14.4 Å². The molecule has 154 valence electrons. The summed E-state index contributed by atoms with van der Waals surface area (Å²) in [5, 5.41) is 36.8. The van der Waals surface area contributed by atoms with E-state index in [1.165, 1.54) is 24.3 Å². The molecule has 0 saturated carbocycles. The zero-order valence-electron chi connectivity index (χ0n) is 15.4. The maximum atomic E-state index is 12.5. The molecule has 0 fully saturated rings. The van der Waals surface area contributed by atoms with E-state index in [1.54, 1.807) is 0 Å². The van der Waals surface area contributed by atoms with Gasteiger partial charge in [-0.15, -0.1) is 0 Å². The van der Waals surface area contributed by atoms with E-state index < -0.39 is 35.6 Å². The summed E-state index contributed by atoms with van der Waals surface area (Å²) in [6.45, 7) is 1.06. The predicted octanol–water partition coefficient (Wildman–Crippen LogP) is 2.46. The van der Waals surface area contributed by atoms with Crippen LogP contribution in [0.2, 0.25) is 0 Å². The summed E-state index contributed by atoms with van der Waals surface area (Å²) in [5.74, 6) is -5.83. The number of nitrogens with zero attached hydrogens (tertiary/aromatic N) is 2. The van der Waals surface area contributed by atoms with E-state index in [-0.39, 0.29) is 28.1 Å². The molecule has 2 rings (SSSR count). The van der Waals surface area contributed by atoms with Gasteiger partial charge in [0.1, 0.15) is 0 Å². The number of carbonyl (C=O) groups excluding carboxylic acids is 2. The number of aromatic carboxylic acids is 3. The Morgan fingerprint density at radius 1 is 0.867 bits per heavy atom. The van der Waals surface area contributed by atoms with Crippen LogP contribution in [-0.2, 0) is 9.59 Å². The zero-order valence-corrected chi connectivity index (χ0v) is 15.4. The molecule has 11 nitrogen and oxygen atoms in total. The number of benzene rings is 2. The lowest BCUT2D eigenvalue weighted by Crippen LogP contribution is -2.32. The van der Waals surface area contributed by atoms with E-state index >= 15 is 0 Å². The minimum absolute atomic E-state index is 0.0786. The van der Waals surface area contributed by atoms with Crippen molar-refractivity contribution in [2.45, 2.75) is 13.0 Å². The Bertz CT molecular complexity index is 1040. The Morgan fingerprint density at radius 2 is 1.43 bits per heavy atom. The maximum absolute atomic E-state index is 12.5. The quantitative estimate of drug-likeness (QED) is 0.376. The highest BCUT2D eigenvalue weighted by Gasteiger charge is 2.24. The van der Waals surface area contributed by atoms with Gasteiger partial charge in [0.05, 0.1) is 22.4 Å². The highest BCUT2D eigenvalue weighted by molar-refractivity contribution is 6.10. The largest absolute Gasteiger partial charge is 0.478 e. The van der Waals surface area contributed by atoms with Gasteiger partial charge in [0, 0.05) is 5.69 Å². The molecule has 1 amide bonds. The molecule has 2 aromatic carbocycles. The number of rotatable bonds is 8. The molecule has 0 saturated heterocycles. The van der Waals surface area contributed by atoms with Gasteiger partial charge in [0.15, 0.2) is 5.78 Å². The van der Waals surface area contributed by atoms with Crippen LogP contribution in [0.4, 0.5) is 11.4 Å². The number of azo groups is 1. The Hall–Kier alpha value is -4.41. The Morgan fingerprint density at radius 3 is 1.93 bits per heavy atom. The lowest BCUT2D eigenvalue weighted by atomic mass is 10.1. The summed E-state index contributed by atoms with van der Waals surface area (Å²) in [7, 11) is 0. The third kappa shape index (κ3) is 5.32. The fraction of sp³-hybridized carbons (Fsp3) is 0.105. The molecule has 0 aromatic heterocycles. The summed E-state index contributed by atoms with van der Waals surface area (Å²) < 4.78 is 0. The summed E-state index contributed by atoms with van der Waals surface area (Å²) >= 11 is 0. The van der Waals surface area contributed by atoms with Crippen molar-refractivity contribution in [1.82, 2.24) is 0 Å². The van der Waals surface area contributed by atoms with Gasteiger partial charge in [-0.3, -0.25) is 9.59 Å². The van der Waals surface area contributed by atoms with E-state index in [0.717, 1.165) is 25.1 Å². The second kappa shape index (κ2) is 9.19. The topological polar surface area (TPSA) is 183 Å². The Kier molecular flexibility index (Phi) is 6.70. The number of anilines is 1. The first-order valence-electron chi connectivity index (χ1n) is 8.26. The van der Waals surface area contributed by atoms with Crippen molar-refractivity contribution in [2.75, 3.05) is 5.32 Å². The van der Waals surface area contributed by atoms with Crippen LogP contribution in [0.3, 0.4) is 0 Å². The van der Waals surface area contributed by atoms with Crippen LogP contribution in [0.25, 0.3) is 0 Å². The average Bonchev–Trinajstić information content (AvgIpc) is 2.67. The van der Waals surface area contributed by atoms with Crippen LogP contribution in [0.1, 0.15) is 38.0 Å². The van der Waals surface area contributed by atoms with Gasteiger partial charge >= 0.3 is 17.9 Å². The number of carboxylic acids is 3. The van der Waals surface area contributed by atoms with Gasteiger partial charge in [-0.2, -0.15) is 10.2 Å². The van der Waals surface area contributed by atoms with E-state index in [4.69, 9.17) is 15.3 Å². The molecule has 1 unspecified atom stereocenters. The van der Waals surface area contributed by atoms with Crippen molar-refractivity contribution in [3.63, 3.8) is 0 Å². The van der Waals surface area contributed by atoms with Crippen LogP contribution in [-0.4, -0.2) is 51.0 Å². The van der Waals surface area contributed by atoms with E-state index in [9.17, 15) is 24.0 Å². The summed E-state index contributed by atoms with van der Waals surface area (Å²) in [6, 6.07) is 6.82. The van der Waals surface area contributed by atoms with Crippen LogP contribution in [0.5, 0.6) is 0 Å². The highest BCUT2D eigenvalue weighted by Crippen LogP contribution is 2.20. The standard InChI is InChI=1S/C19H15N3O8/c1-9(23)15(22-21-14-5-3-2-4-13(14)19(29)30)16(24)20-12-7-10(17(25)26)6-11(8-12)18(27)28/h2-8,15H,1H3,(H,20,24)(H,25,26)(H,27,28)(H,29,30). The van der Waals surface area contributed by atoms with Crippen molar-refractivity contribution in [1.29, 1.82) is 0 Å². The minimum Gasteiger partial charge on any atom is -0.478 e. The molecular formula is C19H15N3O8. The van der Waals surface area contributed by atoms with Crippen LogP contribution >= 0.6 is 0 Å². The van der Waals surface area contributed by atoms with Gasteiger partial charge < -0.3 is 20.6 Å². The van der Waals surface area contributed by atoms with Crippen LogP contribution in [0, 0.1) is 0 Å². The van der Waals surface area contributed by atoms with E-state index in [0.29, 0.717) is 0 Å². The van der Waals surface area contributed by atoms with Gasteiger partial charge in [-0.05, 0) is 37.3 Å². The van der Waals surface area contributed by atoms with Crippen molar-refractivity contribution >= 4 is 41.0 Å². The first-order chi connectivity index (χ1) is 14.1. The molecular weight excluding hydrogens is 398 g/mol. The molecule has 0 bridgehead atoms. The molecule has 0 radical (unpaired) electrons. The van der Waals surface area contributed by atoms with Crippen molar-refractivity contribution in [2.24, 2.45) is 10.2 Å². The predicted molar refractivity (Wildman–Crippen MR) is 101 cm³/mol.